The van der Waals surface area contributed by atoms with Gasteiger partial charge in [-0.25, -0.2) is 4.98 Å². The van der Waals surface area contributed by atoms with Crippen molar-refractivity contribution in [2.75, 3.05) is 24.7 Å². The van der Waals surface area contributed by atoms with Crippen molar-refractivity contribution in [1.82, 2.24) is 20.1 Å². The molecule has 2 rings (SSSR count). The van der Waals surface area contributed by atoms with Crippen LogP contribution in [0.3, 0.4) is 0 Å². The van der Waals surface area contributed by atoms with Crippen molar-refractivity contribution in [2.24, 2.45) is 0 Å². The van der Waals surface area contributed by atoms with Crippen molar-refractivity contribution in [3.63, 3.8) is 0 Å². The molecule has 0 fully saturated rings. The van der Waals surface area contributed by atoms with Crippen LogP contribution in [0.2, 0.25) is 0 Å². The normalized spacial score (nSPS) is 10.6. The molecule has 0 bridgehead atoms. The number of aryl methyl sites for hydroxylation is 3. The zero-order chi connectivity index (χ0) is 18.4. The molecule has 0 radical (unpaired) electrons. The van der Waals surface area contributed by atoms with E-state index in [9.17, 15) is 9.59 Å². The largest absolute Gasteiger partial charge is 0.336 e. The van der Waals surface area contributed by atoms with Crippen molar-refractivity contribution in [1.29, 1.82) is 0 Å². The molecule has 1 heterocycles. The van der Waals surface area contributed by atoms with E-state index in [1.807, 2.05) is 39.0 Å². The van der Waals surface area contributed by atoms with Gasteiger partial charge in [0.1, 0.15) is 5.82 Å². The summed E-state index contributed by atoms with van der Waals surface area (Å²) in [5.41, 5.74) is 2.79. The van der Waals surface area contributed by atoms with Crippen LogP contribution in [-0.2, 0) is 16.0 Å². The smallest absolute Gasteiger partial charge is 0.243 e. The molecule has 0 atom stereocenters. The molecule has 1 aromatic carbocycles. The standard InChI is InChI=1S/C17H23N5O2S/c1-5-13-18-17(21-20-13)25-10-15(24)22(4)9-14(23)19-16-11(2)7-6-8-12(16)3/h6-8H,5,9-10H2,1-4H3,(H,19,23)(H,18,20,21). The van der Waals surface area contributed by atoms with Crippen LogP contribution in [0, 0.1) is 13.8 Å². The predicted molar refractivity (Wildman–Crippen MR) is 98.7 cm³/mol. The minimum atomic E-state index is -0.218. The third-order valence-electron chi connectivity index (χ3n) is 3.72. The number of thioether (sulfide) groups is 1. The van der Waals surface area contributed by atoms with Gasteiger partial charge < -0.3 is 10.2 Å². The van der Waals surface area contributed by atoms with E-state index in [-0.39, 0.29) is 24.1 Å². The van der Waals surface area contributed by atoms with Crippen molar-refractivity contribution in [3.8, 4) is 0 Å². The zero-order valence-electron chi connectivity index (χ0n) is 14.9. The van der Waals surface area contributed by atoms with E-state index in [1.54, 1.807) is 7.05 Å². The lowest BCUT2D eigenvalue weighted by Crippen LogP contribution is -2.36. The molecule has 7 nitrogen and oxygen atoms in total. The summed E-state index contributed by atoms with van der Waals surface area (Å²) in [6.07, 6.45) is 0.764. The van der Waals surface area contributed by atoms with Crippen LogP contribution in [0.5, 0.6) is 0 Å². The van der Waals surface area contributed by atoms with Gasteiger partial charge in [-0.15, -0.1) is 5.10 Å². The van der Waals surface area contributed by atoms with Crippen LogP contribution in [-0.4, -0.2) is 51.2 Å². The molecular weight excluding hydrogens is 338 g/mol. The van der Waals surface area contributed by atoms with Crippen LogP contribution in [0.15, 0.2) is 23.4 Å². The average molecular weight is 361 g/mol. The van der Waals surface area contributed by atoms with E-state index in [1.165, 1.54) is 16.7 Å². The van der Waals surface area contributed by atoms with Crippen molar-refractivity contribution < 1.29 is 9.59 Å². The van der Waals surface area contributed by atoms with Gasteiger partial charge in [0.25, 0.3) is 0 Å². The predicted octanol–water partition coefficient (Wildman–Crippen LogP) is 2.17. The lowest BCUT2D eigenvalue weighted by Gasteiger charge is -2.17. The number of para-hydroxylation sites is 1. The van der Waals surface area contributed by atoms with Gasteiger partial charge in [-0.1, -0.05) is 36.9 Å². The Balaban J connectivity index is 1.84. The van der Waals surface area contributed by atoms with E-state index in [2.05, 4.69) is 20.5 Å². The van der Waals surface area contributed by atoms with Crippen molar-refractivity contribution in [2.45, 2.75) is 32.3 Å². The lowest BCUT2D eigenvalue weighted by molar-refractivity contribution is -0.131. The maximum atomic E-state index is 12.2. The molecule has 134 valence electrons. The number of nitrogens with one attached hydrogen (secondary N) is 2. The highest BCUT2D eigenvalue weighted by molar-refractivity contribution is 7.99. The number of nitrogens with zero attached hydrogens (tertiary/aromatic N) is 3. The van der Waals surface area contributed by atoms with Crippen molar-refractivity contribution in [3.05, 3.63) is 35.2 Å². The van der Waals surface area contributed by atoms with Crippen LogP contribution in [0.1, 0.15) is 23.9 Å². The number of rotatable bonds is 7. The fourth-order valence-corrected chi connectivity index (χ4v) is 2.99. The summed E-state index contributed by atoms with van der Waals surface area (Å²) in [5, 5.41) is 10.3. The number of aromatic nitrogens is 3. The second-order valence-corrected chi connectivity index (χ2v) is 6.71. The Hall–Kier alpha value is -2.35. The average Bonchev–Trinajstić information content (AvgIpc) is 3.04. The Morgan fingerprint density at radius 1 is 1.28 bits per heavy atom. The molecule has 2 aromatic rings. The maximum Gasteiger partial charge on any atom is 0.243 e. The first-order valence-electron chi connectivity index (χ1n) is 8.04. The lowest BCUT2D eigenvalue weighted by atomic mass is 10.1. The van der Waals surface area contributed by atoms with Gasteiger partial charge in [-0.05, 0) is 25.0 Å². The topological polar surface area (TPSA) is 91.0 Å². The summed E-state index contributed by atoms with van der Waals surface area (Å²) in [5.74, 6) is 0.610. The molecule has 25 heavy (non-hydrogen) atoms. The Morgan fingerprint density at radius 3 is 2.56 bits per heavy atom. The molecule has 0 unspecified atom stereocenters. The molecule has 0 spiro atoms. The number of hydrogen-bond acceptors (Lipinski definition) is 5. The van der Waals surface area contributed by atoms with E-state index in [0.717, 1.165) is 29.1 Å². The summed E-state index contributed by atoms with van der Waals surface area (Å²) in [4.78, 5) is 30.0. The summed E-state index contributed by atoms with van der Waals surface area (Å²) in [6.45, 7) is 5.86. The maximum absolute atomic E-state index is 12.2. The first-order chi connectivity index (χ1) is 11.9. The van der Waals surface area contributed by atoms with Crippen LogP contribution in [0.25, 0.3) is 0 Å². The monoisotopic (exact) mass is 361 g/mol. The zero-order valence-corrected chi connectivity index (χ0v) is 15.7. The number of H-pyrrole nitrogens is 1. The third kappa shape index (κ3) is 5.32. The fourth-order valence-electron chi connectivity index (χ4n) is 2.23. The first kappa shape index (κ1) is 19.0. The summed E-state index contributed by atoms with van der Waals surface area (Å²) >= 11 is 1.25. The number of anilines is 1. The van der Waals surface area contributed by atoms with Gasteiger partial charge in [-0.2, -0.15) is 0 Å². The highest BCUT2D eigenvalue weighted by Crippen LogP contribution is 2.19. The van der Waals surface area contributed by atoms with Gasteiger partial charge in [0.15, 0.2) is 0 Å². The van der Waals surface area contributed by atoms with E-state index in [0.29, 0.717) is 5.16 Å². The Morgan fingerprint density at radius 2 is 1.96 bits per heavy atom. The van der Waals surface area contributed by atoms with Gasteiger partial charge in [0, 0.05) is 19.2 Å². The van der Waals surface area contributed by atoms with Gasteiger partial charge in [-0.3, -0.25) is 14.7 Å². The number of hydrogen-bond donors (Lipinski definition) is 2. The first-order valence-corrected chi connectivity index (χ1v) is 9.03. The highest BCUT2D eigenvalue weighted by atomic mass is 32.2. The van der Waals surface area contributed by atoms with Crippen molar-refractivity contribution >= 4 is 29.3 Å². The number of carbonyl (C=O) groups excluding carboxylic acids is 2. The molecule has 0 aliphatic rings. The second-order valence-electron chi connectivity index (χ2n) is 5.77. The highest BCUT2D eigenvalue weighted by Gasteiger charge is 2.15. The molecule has 0 saturated carbocycles. The van der Waals surface area contributed by atoms with Gasteiger partial charge in [0.2, 0.25) is 17.0 Å². The number of aromatic amines is 1. The minimum Gasteiger partial charge on any atom is -0.336 e. The van der Waals surface area contributed by atoms with E-state index >= 15 is 0 Å². The molecule has 0 aliphatic carbocycles. The molecule has 0 saturated heterocycles. The van der Waals surface area contributed by atoms with Gasteiger partial charge >= 0.3 is 0 Å². The number of likely N-dealkylation sites (N-methyl/N-ethyl adjacent to an activating group) is 1. The van der Waals surface area contributed by atoms with Crippen LogP contribution >= 0.6 is 11.8 Å². The number of benzene rings is 1. The Labute approximate surface area is 151 Å². The third-order valence-corrected chi connectivity index (χ3v) is 4.55. The van der Waals surface area contributed by atoms with E-state index in [4.69, 9.17) is 0 Å². The molecule has 2 amide bonds. The molecule has 1 aromatic heterocycles. The minimum absolute atomic E-state index is 0.00136. The Kier molecular flexibility index (Phi) is 6.58. The summed E-state index contributed by atoms with van der Waals surface area (Å²) < 4.78 is 0. The SMILES string of the molecule is CCc1nc(SCC(=O)N(C)CC(=O)Nc2c(C)cccc2C)n[nH]1. The molecule has 8 heteroatoms. The summed E-state index contributed by atoms with van der Waals surface area (Å²) in [7, 11) is 1.61. The Bertz CT molecular complexity index is 739. The second kappa shape index (κ2) is 8.66. The molecule has 2 N–H and O–H groups in total. The quantitative estimate of drug-likeness (QED) is 0.738. The molecular formula is C17H23N5O2S. The number of amides is 2. The van der Waals surface area contributed by atoms with E-state index < -0.39 is 0 Å². The fraction of sp³-hybridized carbons (Fsp3) is 0.412. The van der Waals surface area contributed by atoms with Gasteiger partial charge in [0.05, 0.1) is 12.3 Å². The van der Waals surface area contributed by atoms with Crippen LogP contribution < -0.4 is 5.32 Å². The summed E-state index contributed by atoms with van der Waals surface area (Å²) in [6, 6.07) is 5.82. The van der Waals surface area contributed by atoms with Crippen LogP contribution in [0.4, 0.5) is 5.69 Å². The number of carbonyl (C=O) groups is 2. The molecule has 0 aliphatic heterocycles.